The van der Waals surface area contributed by atoms with Crippen LogP contribution in [0.4, 0.5) is 10.1 Å². The van der Waals surface area contributed by atoms with Gasteiger partial charge in [-0.1, -0.05) is 0 Å². The van der Waals surface area contributed by atoms with Crippen LogP contribution in [0.5, 0.6) is 5.75 Å². The maximum Gasteiger partial charge on any atom is 0.341 e. The standard InChI is InChI=1S/C18H19FN4O5/c1-21-8-28-17-14-9(16(24)10(18(25)26)5-23(14)21)4-11(19)15(17)22-6-12-13(7-22)27-3-2-20-12/h4-5,12-13,20H,2-3,6-8H2,1H3,(H,25,26)/t12-,13-/m0/s1. The molecule has 1 aromatic heterocycles. The van der Waals surface area contributed by atoms with Crippen molar-refractivity contribution in [3.8, 4) is 5.75 Å². The first-order chi connectivity index (χ1) is 13.5. The third-order valence-electron chi connectivity index (χ3n) is 5.57. The molecule has 0 bridgehead atoms. The molecule has 2 saturated heterocycles. The third kappa shape index (κ3) is 2.38. The highest BCUT2D eigenvalue weighted by Gasteiger charge is 2.39. The predicted molar refractivity (Wildman–Crippen MR) is 98.5 cm³/mol. The van der Waals surface area contributed by atoms with Crippen LogP contribution in [0.2, 0.25) is 0 Å². The smallest absolute Gasteiger partial charge is 0.341 e. The number of aromatic carboxylic acids is 1. The second-order valence-corrected chi connectivity index (χ2v) is 7.26. The molecule has 2 atom stereocenters. The van der Waals surface area contributed by atoms with Gasteiger partial charge in [0.25, 0.3) is 0 Å². The largest absolute Gasteiger partial charge is 0.477 e. The van der Waals surface area contributed by atoms with E-state index in [4.69, 9.17) is 9.47 Å². The van der Waals surface area contributed by atoms with Crippen molar-refractivity contribution < 1.29 is 23.8 Å². The van der Waals surface area contributed by atoms with E-state index in [1.54, 1.807) is 16.7 Å². The molecule has 0 radical (unpaired) electrons. The third-order valence-corrected chi connectivity index (χ3v) is 5.57. The van der Waals surface area contributed by atoms with Gasteiger partial charge in [0.2, 0.25) is 5.43 Å². The Kier molecular flexibility index (Phi) is 3.75. The molecule has 0 amide bonds. The second-order valence-electron chi connectivity index (χ2n) is 7.26. The van der Waals surface area contributed by atoms with Crippen LogP contribution in [0.15, 0.2) is 17.1 Å². The van der Waals surface area contributed by atoms with Crippen molar-refractivity contribution in [2.75, 3.05) is 49.9 Å². The van der Waals surface area contributed by atoms with Crippen LogP contribution >= 0.6 is 0 Å². The lowest BCUT2D eigenvalue weighted by Gasteiger charge is -2.33. The van der Waals surface area contributed by atoms with Crippen molar-refractivity contribution in [3.05, 3.63) is 33.9 Å². The van der Waals surface area contributed by atoms with Gasteiger partial charge in [0, 0.05) is 32.9 Å². The van der Waals surface area contributed by atoms with Gasteiger partial charge in [0.15, 0.2) is 18.3 Å². The number of hydrogen-bond acceptors (Lipinski definition) is 7. The summed E-state index contributed by atoms with van der Waals surface area (Å²) in [5, 5.41) is 14.3. The lowest BCUT2D eigenvalue weighted by atomic mass is 10.1. The molecule has 0 aliphatic carbocycles. The van der Waals surface area contributed by atoms with E-state index in [-0.39, 0.29) is 35.7 Å². The maximum atomic E-state index is 15.2. The number of nitrogens with zero attached hydrogens (tertiary/aromatic N) is 3. The number of nitrogens with one attached hydrogen (secondary N) is 1. The summed E-state index contributed by atoms with van der Waals surface area (Å²) in [4.78, 5) is 26.0. The van der Waals surface area contributed by atoms with Crippen LogP contribution in [-0.2, 0) is 4.74 Å². The summed E-state index contributed by atoms with van der Waals surface area (Å²) in [6, 6.07) is 1.21. The highest BCUT2D eigenvalue weighted by Crippen LogP contribution is 2.41. The summed E-state index contributed by atoms with van der Waals surface area (Å²) in [7, 11) is 1.70. The lowest BCUT2D eigenvalue weighted by molar-refractivity contribution is 0.0212. The van der Waals surface area contributed by atoms with E-state index in [2.05, 4.69) is 5.32 Å². The quantitative estimate of drug-likeness (QED) is 0.736. The number of anilines is 1. The summed E-state index contributed by atoms with van der Waals surface area (Å²) in [6.45, 7) is 2.51. The van der Waals surface area contributed by atoms with Gasteiger partial charge < -0.3 is 24.8 Å². The Morgan fingerprint density at radius 2 is 2.21 bits per heavy atom. The molecule has 10 heteroatoms. The van der Waals surface area contributed by atoms with Crippen LogP contribution in [0.25, 0.3) is 10.9 Å². The molecular weight excluding hydrogens is 371 g/mol. The average Bonchev–Trinajstić information content (AvgIpc) is 3.09. The first-order valence-electron chi connectivity index (χ1n) is 9.05. The summed E-state index contributed by atoms with van der Waals surface area (Å²) in [5.74, 6) is -1.72. The Hall–Kier alpha value is -2.85. The Morgan fingerprint density at radius 1 is 1.39 bits per heavy atom. The number of carboxylic acids is 1. The molecule has 1 aromatic carbocycles. The number of hydrogen-bond donors (Lipinski definition) is 2. The molecule has 3 aliphatic rings. The first kappa shape index (κ1) is 17.3. The monoisotopic (exact) mass is 390 g/mol. The second kappa shape index (κ2) is 6.08. The Labute approximate surface area is 158 Å². The summed E-state index contributed by atoms with van der Waals surface area (Å²) in [6.07, 6.45) is 1.22. The van der Waals surface area contributed by atoms with Gasteiger partial charge in [-0.05, 0) is 6.07 Å². The molecular formula is C18H19FN4O5. The minimum Gasteiger partial charge on any atom is -0.477 e. The van der Waals surface area contributed by atoms with Crippen LogP contribution < -0.4 is 25.4 Å². The minimum absolute atomic E-state index is 0.0197. The van der Waals surface area contributed by atoms with Crippen molar-refractivity contribution in [3.63, 3.8) is 0 Å². The molecule has 4 heterocycles. The van der Waals surface area contributed by atoms with Gasteiger partial charge in [-0.15, -0.1) is 0 Å². The van der Waals surface area contributed by atoms with E-state index in [0.717, 1.165) is 12.6 Å². The van der Waals surface area contributed by atoms with Crippen LogP contribution in [0.1, 0.15) is 10.4 Å². The molecule has 0 saturated carbocycles. The van der Waals surface area contributed by atoms with Gasteiger partial charge in [-0.3, -0.25) is 14.5 Å². The van der Waals surface area contributed by atoms with Crippen molar-refractivity contribution in [1.29, 1.82) is 0 Å². The number of pyridine rings is 1. The zero-order chi connectivity index (χ0) is 19.6. The van der Waals surface area contributed by atoms with E-state index in [9.17, 15) is 14.7 Å². The fourth-order valence-corrected chi connectivity index (χ4v) is 4.25. The van der Waals surface area contributed by atoms with E-state index < -0.39 is 22.8 Å². The van der Waals surface area contributed by atoms with Gasteiger partial charge in [-0.25, -0.2) is 9.18 Å². The first-order valence-corrected chi connectivity index (χ1v) is 9.05. The highest BCUT2D eigenvalue weighted by molar-refractivity contribution is 5.97. The number of ether oxygens (including phenoxy) is 2. The molecule has 2 fully saturated rings. The molecule has 0 spiro atoms. The highest BCUT2D eigenvalue weighted by atomic mass is 19.1. The van der Waals surface area contributed by atoms with E-state index >= 15 is 4.39 Å². The van der Waals surface area contributed by atoms with Crippen molar-refractivity contribution in [1.82, 2.24) is 9.99 Å². The van der Waals surface area contributed by atoms with Crippen molar-refractivity contribution in [2.45, 2.75) is 12.1 Å². The normalized spacial score (nSPS) is 23.6. The number of carboxylic acid groups (broad SMARTS) is 1. The number of morpholine rings is 1. The molecule has 5 rings (SSSR count). The zero-order valence-corrected chi connectivity index (χ0v) is 15.1. The summed E-state index contributed by atoms with van der Waals surface area (Å²) in [5.41, 5.74) is -0.505. The Bertz CT molecular complexity index is 1040. The van der Waals surface area contributed by atoms with Gasteiger partial charge >= 0.3 is 5.97 Å². The van der Waals surface area contributed by atoms with E-state index in [1.165, 1.54) is 6.20 Å². The van der Waals surface area contributed by atoms with Crippen LogP contribution in [0.3, 0.4) is 0 Å². The number of aromatic nitrogens is 1. The van der Waals surface area contributed by atoms with Gasteiger partial charge in [-0.2, -0.15) is 0 Å². The molecule has 0 unspecified atom stereocenters. The Balaban J connectivity index is 1.73. The lowest BCUT2D eigenvalue weighted by Crippen LogP contribution is -2.47. The number of fused-ring (bicyclic) bond motifs is 1. The zero-order valence-electron chi connectivity index (χ0n) is 15.1. The molecule has 148 valence electrons. The van der Waals surface area contributed by atoms with Crippen LogP contribution in [-0.4, -0.2) is 67.9 Å². The van der Waals surface area contributed by atoms with Gasteiger partial charge in [0.05, 0.1) is 24.1 Å². The molecule has 2 aromatic rings. The molecule has 9 nitrogen and oxygen atoms in total. The van der Waals surface area contributed by atoms with E-state index in [0.29, 0.717) is 25.2 Å². The van der Waals surface area contributed by atoms with Crippen LogP contribution in [0, 0.1) is 5.82 Å². The Morgan fingerprint density at radius 3 is 2.96 bits per heavy atom. The fraction of sp³-hybridized carbons (Fsp3) is 0.444. The number of carbonyl (C=O) groups is 1. The van der Waals surface area contributed by atoms with Gasteiger partial charge in [0.1, 0.15) is 16.8 Å². The average molecular weight is 390 g/mol. The van der Waals surface area contributed by atoms with Crippen molar-refractivity contribution >= 4 is 22.6 Å². The predicted octanol–water partition coefficient (Wildman–Crippen LogP) is -0.0665. The molecule has 2 N–H and O–H groups in total. The fourth-order valence-electron chi connectivity index (χ4n) is 4.25. The summed E-state index contributed by atoms with van der Waals surface area (Å²) >= 11 is 0. The topological polar surface area (TPSA) is 96.3 Å². The van der Waals surface area contributed by atoms with E-state index in [1.807, 2.05) is 4.90 Å². The minimum atomic E-state index is -1.35. The maximum absolute atomic E-state index is 15.2. The summed E-state index contributed by atoms with van der Waals surface area (Å²) < 4.78 is 28.3. The number of benzene rings is 1. The number of halogens is 1. The molecule has 28 heavy (non-hydrogen) atoms. The SMILES string of the molecule is CN1COc2c(N3C[C@@H]4NCCO[C@H]4C3)c(F)cc3c(=O)c(C(=O)O)cn1c23. The molecule has 3 aliphatic heterocycles. The van der Waals surface area contributed by atoms with Crippen molar-refractivity contribution in [2.24, 2.45) is 0 Å². The number of rotatable bonds is 2.